The second kappa shape index (κ2) is 10.9. The molecule has 1 spiro atoms. The van der Waals surface area contributed by atoms with Crippen LogP contribution in [-0.2, 0) is 5.41 Å². The van der Waals surface area contributed by atoms with Crippen molar-refractivity contribution < 1.29 is 0 Å². The number of hydrogen-bond donors (Lipinski definition) is 0. The second-order valence-corrected chi connectivity index (χ2v) is 14.4. The number of para-hydroxylation sites is 1. The third-order valence-corrected chi connectivity index (χ3v) is 11.8. The Bertz CT molecular complexity index is 2730. The molecular weight excluding hydrogens is 639 g/mol. The quantitative estimate of drug-likeness (QED) is 0.188. The lowest BCUT2D eigenvalue weighted by atomic mass is 9.67. The Morgan fingerprint density at radius 3 is 1.78 bits per heavy atom. The van der Waals surface area contributed by atoms with Gasteiger partial charge in [0.25, 0.3) is 0 Å². The zero-order chi connectivity index (χ0) is 33.5. The molecule has 9 aromatic rings. The highest BCUT2D eigenvalue weighted by Gasteiger charge is 2.50. The van der Waals surface area contributed by atoms with E-state index in [-0.39, 0.29) is 0 Å². The van der Waals surface area contributed by atoms with Crippen molar-refractivity contribution in [2.24, 2.45) is 0 Å². The highest BCUT2D eigenvalue weighted by molar-refractivity contribution is 7.99. The molecule has 0 amide bonds. The summed E-state index contributed by atoms with van der Waals surface area (Å²) in [6, 6.07) is 63.5. The summed E-state index contributed by atoms with van der Waals surface area (Å²) in [4.78, 5) is 12.9. The van der Waals surface area contributed by atoms with E-state index in [9.17, 15) is 0 Å². The molecule has 1 aliphatic heterocycles. The summed E-state index contributed by atoms with van der Waals surface area (Å²) in [6.45, 7) is 0. The van der Waals surface area contributed by atoms with Crippen LogP contribution in [0, 0.1) is 0 Å². The van der Waals surface area contributed by atoms with E-state index in [1.165, 1.54) is 53.9 Å². The van der Waals surface area contributed by atoms with Crippen LogP contribution >= 0.6 is 11.8 Å². The first-order valence-corrected chi connectivity index (χ1v) is 18.2. The van der Waals surface area contributed by atoms with Crippen LogP contribution < -0.4 is 0 Å². The van der Waals surface area contributed by atoms with Gasteiger partial charge < -0.3 is 0 Å². The molecule has 238 valence electrons. The van der Waals surface area contributed by atoms with Crippen LogP contribution in [0.4, 0.5) is 0 Å². The highest BCUT2D eigenvalue weighted by atomic mass is 32.2. The van der Waals surface area contributed by atoms with Gasteiger partial charge in [-0.1, -0.05) is 157 Å². The van der Waals surface area contributed by atoms with Gasteiger partial charge >= 0.3 is 0 Å². The monoisotopic (exact) mass is 667 g/mol. The molecule has 0 saturated heterocycles. The van der Waals surface area contributed by atoms with Crippen molar-refractivity contribution in [3.63, 3.8) is 0 Å². The summed E-state index contributed by atoms with van der Waals surface area (Å²) in [5, 5.41) is 2.42. The standard InChI is InChI=1S/C47H29N3S/c1-3-15-30(16-4-1)40-28-45(49-46(48-40)31-17-5-2-6-18-31)50-41-25-13-9-21-34(41)35-27-39-44(29-42(35)50)51-43-26-14-12-24-38(43)47(39)36-22-10-7-19-32(36)33-20-8-11-23-37(33)47/h1-29H. The number of fused-ring (bicyclic) bond motifs is 12. The van der Waals surface area contributed by atoms with Gasteiger partial charge in [0.2, 0.25) is 0 Å². The summed E-state index contributed by atoms with van der Waals surface area (Å²) in [5.74, 6) is 1.55. The number of benzene rings is 7. The van der Waals surface area contributed by atoms with Crippen LogP contribution in [0.15, 0.2) is 186 Å². The van der Waals surface area contributed by atoms with Gasteiger partial charge in [-0.15, -0.1) is 0 Å². The smallest absolute Gasteiger partial charge is 0.162 e. The average molecular weight is 668 g/mol. The Morgan fingerprint density at radius 1 is 0.431 bits per heavy atom. The van der Waals surface area contributed by atoms with Crippen LogP contribution in [0.5, 0.6) is 0 Å². The van der Waals surface area contributed by atoms with Crippen LogP contribution in [-0.4, -0.2) is 14.5 Å². The SMILES string of the molecule is c1ccc(-c2cc(-n3c4ccccc4c4cc5c(cc43)Sc3ccccc3C53c4ccccc4-c4ccccc43)nc(-c3ccccc3)n2)cc1. The van der Waals surface area contributed by atoms with E-state index in [0.717, 1.165) is 33.7 Å². The Labute approximate surface area is 299 Å². The molecule has 1 aliphatic carbocycles. The minimum atomic E-state index is -0.433. The fourth-order valence-electron chi connectivity index (χ4n) is 8.59. The average Bonchev–Trinajstić information content (AvgIpc) is 3.68. The summed E-state index contributed by atoms with van der Waals surface area (Å²) in [6.07, 6.45) is 0. The summed E-state index contributed by atoms with van der Waals surface area (Å²) >= 11 is 1.88. The van der Waals surface area contributed by atoms with Crippen LogP contribution in [0.25, 0.3) is 61.4 Å². The molecule has 2 aromatic heterocycles. The Kier molecular flexibility index (Phi) is 6.10. The highest BCUT2D eigenvalue weighted by Crippen LogP contribution is 2.62. The van der Waals surface area contributed by atoms with Crippen molar-refractivity contribution in [1.82, 2.24) is 14.5 Å². The minimum Gasteiger partial charge on any atom is -0.294 e. The van der Waals surface area contributed by atoms with E-state index in [1.807, 2.05) is 36.0 Å². The van der Waals surface area contributed by atoms with Gasteiger partial charge in [0.05, 0.1) is 22.1 Å². The third-order valence-electron chi connectivity index (χ3n) is 10.7. The van der Waals surface area contributed by atoms with Crippen molar-refractivity contribution in [1.29, 1.82) is 0 Å². The fourth-order valence-corrected chi connectivity index (χ4v) is 9.79. The molecule has 0 bridgehead atoms. The van der Waals surface area contributed by atoms with Crippen molar-refractivity contribution in [2.45, 2.75) is 15.2 Å². The largest absolute Gasteiger partial charge is 0.294 e. The zero-order valence-electron chi connectivity index (χ0n) is 27.5. The Hall–Kier alpha value is -6.23. The van der Waals surface area contributed by atoms with Gasteiger partial charge in [-0.05, 0) is 57.6 Å². The maximum Gasteiger partial charge on any atom is 0.162 e. The maximum atomic E-state index is 5.30. The zero-order valence-corrected chi connectivity index (χ0v) is 28.3. The van der Waals surface area contributed by atoms with Crippen LogP contribution in [0.3, 0.4) is 0 Å². The summed E-state index contributed by atoms with van der Waals surface area (Å²) in [7, 11) is 0. The minimum absolute atomic E-state index is 0.433. The molecule has 11 rings (SSSR count). The number of aromatic nitrogens is 3. The molecule has 0 atom stereocenters. The maximum absolute atomic E-state index is 5.30. The molecule has 3 nitrogen and oxygen atoms in total. The summed E-state index contributed by atoms with van der Waals surface area (Å²) < 4.78 is 2.34. The molecule has 4 heteroatoms. The van der Waals surface area contributed by atoms with Gasteiger partial charge in [-0.3, -0.25) is 4.57 Å². The van der Waals surface area contributed by atoms with Gasteiger partial charge in [0, 0.05) is 37.8 Å². The summed E-state index contributed by atoms with van der Waals surface area (Å²) in [5.41, 5.74) is 12.8. The second-order valence-electron chi connectivity index (χ2n) is 13.3. The Morgan fingerprint density at radius 2 is 1.04 bits per heavy atom. The number of rotatable bonds is 3. The fraction of sp³-hybridized carbons (Fsp3) is 0.0213. The van der Waals surface area contributed by atoms with Crippen LogP contribution in [0.1, 0.15) is 22.3 Å². The molecule has 0 saturated carbocycles. The normalized spacial score (nSPS) is 13.6. The van der Waals surface area contributed by atoms with E-state index >= 15 is 0 Å². The first-order valence-electron chi connectivity index (χ1n) is 17.3. The molecule has 2 aliphatic rings. The third kappa shape index (κ3) is 4.02. The molecule has 0 fully saturated rings. The molecule has 0 N–H and O–H groups in total. The molecule has 7 aromatic carbocycles. The van der Waals surface area contributed by atoms with Crippen molar-refractivity contribution >= 4 is 33.6 Å². The van der Waals surface area contributed by atoms with E-state index in [4.69, 9.17) is 9.97 Å². The van der Waals surface area contributed by atoms with Crippen molar-refractivity contribution in [3.05, 3.63) is 198 Å². The van der Waals surface area contributed by atoms with E-state index < -0.39 is 5.41 Å². The molecule has 51 heavy (non-hydrogen) atoms. The van der Waals surface area contributed by atoms with E-state index in [2.05, 4.69) is 156 Å². The van der Waals surface area contributed by atoms with Gasteiger partial charge in [-0.2, -0.15) is 0 Å². The predicted molar refractivity (Wildman–Crippen MR) is 209 cm³/mol. The number of hydrogen-bond acceptors (Lipinski definition) is 3. The van der Waals surface area contributed by atoms with Crippen LogP contribution in [0.2, 0.25) is 0 Å². The molecule has 0 unspecified atom stereocenters. The molecule has 3 heterocycles. The van der Waals surface area contributed by atoms with Gasteiger partial charge in [-0.25, -0.2) is 9.97 Å². The number of nitrogens with zero attached hydrogens (tertiary/aromatic N) is 3. The lowest BCUT2D eigenvalue weighted by molar-refractivity contribution is 0.724. The Balaban J connectivity index is 1.24. The topological polar surface area (TPSA) is 30.7 Å². The molecule has 0 radical (unpaired) electrons. The van der Waals surface area contributed by atoms with Crippen molar-refractivity contribution in [2.75, 3.05) is 0 Å². The van der Waals surface area contributed by atoms with E-state index in [1.54, 1.807) is 0 Å². The van der Waals surface area contributed by atoms with Gasteiger partial charge in [0.15, 0.2) is 5.82 Å². The lowest BCUT2D eigenvalue weighted by Crippen LogP contribution is -2.32. The predicted octanol–water partition coefficient (Wildman–Crippen LogP) is 11.7. The van der Waals surface area contributed by atoms with Crippen molar-refractivity contribution in [3.8, 4) is 39.6 Å². The lowest BCUT2D eigenvalue weighted by Gasteiger charge is -2.39. The first kappa shape index (κ1) is 28.6. The molecular formula is C47H29N3S. The first-order chi connectivity index (χ1) is 25.3. The van der Waals surface area contributed by atoms with Gasteiger partial charge in [0.1, 0.15) is 5.82 Å². The van der Waals surface area contributed by atoms with E-state index in [0.29, 0.717) is 5.82 Å².